The van der Waals surface area contributed by atoms with Gasteiger partial charge in [-0.05, 0) is 26.2 Å². The van der Waals surface area contributed by atoms with E-state index in [1.807, 2.05) is 0 Å². The van der Waals surface area contributed by atoms with Gasteiger partial charge in [-0.1, -0.05) is 130 Å². The summed E-state index contributed by atoms with van der Waals surface area (Å²) in [6, 6.07) is 0.620. The third kappa shape index (κ3) is 14.1. The number of nitrogens with one attached hydrogen (secondary N) is 1. The number of hydrogen-bond donors (Lipinski definition) is 1. The van der Waals surface area contributed by atoms with Crippen LogP contribution in [0.5, 0.6) is 0 Å². The molecule has 31 heavy (non-hydrogen) atoms. The molecule has 1 aromatic rings. The number of imidazole rings is 1. The van der Waals surface area contributed by atoms with Crippen LogP contribution in [0, 0.1) is 0 Å². The van der Waals surface area contributed by atoms with Gasteiger partial charge in [-0.2, -0.15) is 0 Å². The van der Waals surface area contributed by atoms with Crippen LogP contribution in [0.1, 0.15) is 174 Å². The van der Waals surface area contributed by atoms with Gasteiger partial charge in [0.2, 0.25) is 0 Å². The third-order valence-corrected chi connectivity index (χ3v) is 7.15. The van der Waals surface area contributed by atoms with Crippen LogP contribution in [-0.4, -0.2) is 4.98 Å². The van der Waals surface area contributed by atoms with E-state index in [2.05, 4.69) is 49.6 Å². The monoisotopic (exact) mass is 433 g/mol. The maximum atomic E-state index is 3.53. The van der Waals surface area contributed by atoms with Crippen LogP contribution < -0.4 is 4.57 Å². The summed E-state index contributed by atoms with van der Waals surface area (Å²) in [6.45, 7) is 9.36. The van der Waals surface area contributed by atoms with Crippen molar-refractivity contribution in [2.45, 2.75) is 168 Å². The van der Waals surface area contributed by atoms with Gasteiger partial charge < -0.3 is 0 Å². The average Bonchev–Trinajstić information content (AvgIpc) is 3.27. The van der Waals surface area contributed by atoms with Crippen molar-refractivity contribution >= 4 is 0 Å². The van der Waals surface area contributed by atoms with E-state index in [1.54, 1.807) is 0 Å². The minimum absolute atomic E-state index is 0.620. The lowest BCUT2D eigenvalue weighted by molar-refractivity contribution is -0.727. The summed E-state index contributed by atoms with van der Waals surface area (Å²) < 4.78 is 2.49. The first-order valence-corrected chi connectivity index (χ1v) is 14.3. The van der Waals surface area contributed by atoms with Crippen molar-refractivity contribution in [2.75, 3.05) is 0 Å². The van der Waals surface area contributed by atoms with Crippen molar-refractivity contribution < 1.29 is 4.57 Å². The largest absolute Gasteiger partial charge is 0.257 e. The lowest BCUT2D eigenvalue weighted by Gasteiger charge is -2.13. The van der Waals surface area contributed by atoms with Crippen molar-refractivity contribution in [1.82, 2.24) is 4.98 Å². The average molecular weight is 434 g/mol. The second-order valence-corrected chi connectivity index (χ2v) is 10.2. The summed E-state index contributed by atoms with van der Waals surface area (Å²) >= 11 is 0. The van der Waals surface area contributed by atoms with Crippen LogP contribution in [-0.2, 0) is 0 Å². The van der Waals surface area contributed by atoms with E-state index < -0.39 is 0 Å². The Labute approximate surface area is 196 Å². The Morgan fingerprint density at radius 2 is 1.06 bits per heavy atom. The van der Waals surface area contributed by atoms with Crippen molar-refractivity contribution in [3.63, 3.8) is 0 Å². The first-order chi connectivity index (χ1) is 15.2. The highest BCUT2D eigenvalue weighted by molar-refractivity contribution is 4.87. The summed E-state index contributed by atoms with van der Waals surface area (Å²) in [4.78, 5) is 3.53. The van der Waals surface area contributed by atoms with Gasteiger partial charge in [-0.15, -0.1) is 0 Å². The zero-order valence-electron chi connectivity index (χ0n) is 21.9. The third-order valence-electron chi connectivity index (χ3n) is 7.15. The number of rotatable bonds is 22. The molecule has 0 saturated carbocycles. The number of aromatic amines is 1. The normalized spacial score (nSPS) is 13.5. The molecule has 0 radical (unpaired) electrons. The summed E-state index contributed by atoms with van der Waals surface area (Å²) in [6.07, 6.45) is 32.8. The molecular weight excluding hydrogens is 376 g/mol. The molecule has 0 bridgehead atoms. The topological polar surface area (TPSA) is 19.7 Å². The second-order valence-electron chi connectivity index (χ2n) is 10.2. The zero-order chi connectivity index (χ0) is 22.6. The molecule has 0 aliphatic heterocycles. The molecule has 182 valence electrons. The van der Waals surface area contributed by atoms with Crippen LogP contribution in [0.15, 0.2) is 12.4 Å². The summed E-state index contributed by atoms with van der Waals surface area (Å²) in [5.74, 6) is 2.08. The minimum Gasteiger partial charge on any atom is -0.247 e. The molecule has 1 N–H and O–H groups in total. The van der Waals surface area contributed by atoms with Gasteiger partial charge in [0.15, 0.2) is 0 Å². The fraction of sp³-hybridized carbons (Fsp3) is 0.897. The van der Waals surface area contributed by atoms with E-state index in [-0.39, 0.29) is 0 Å². The van der Waals surface area contributed by atoms with Gasteiger partial charge in [0.1, 0.15) is 12.4 Å². The highest BCUT2D eigenvalue weighted by Crippen LogP contribution is 2.21. The highest BCUT2D eigenvalue weighted by Gasteiger charge is 2.21. The van der Waals surface area contributed by atoms with Crippen molar-refractivity contribution in [1.29, 1.82) is 0 Å². The van der Waals surface area contributed by atoms with Gasteiger partial charge >= 0.3 is 0 Å². The fourth-order valence-electron chi connectivity index (χ4n) is 4.91. The molecule has 1 heterocycles. The predicted octanol–water partition coefficient (Wildman–Crippen LogP) is 9.81. The highest BCUT2D eigenvalue weighted by atomic mass is 15.1. The van der Waals surface area contributed by atoms with E-state index in [0.717, 1.165) is 0 Å². The van der Waals surface area contributed by atoms with Crippen LogP contribution in [0.3, 0.4) is 0 Å². The maximum absolute atomic E-state index is 3.53. The standard InChI is InChI=1S/C29H56N2/c1-5-7-9-10-11-12-13-14-15-16-17-18-19-20-21-22-23-27(3)29-30-25-26-31(29)28(4)24-8-6-2/h25-28H,5-24H2,1-4H3/p+1. The fourth-order valence-corrected chi connectivity index (χ4v) is 4.91. The first kappa shape index (κ1) is 28.2. The van der Waals surface area contributed by atoms with Crippen LogP contribution in [0.4, 0.5) is 0 Å². The summed E-state index contributed by atoms with van der Waals surface area (Å²) in [5, 5.41) is 0. The molecule has 1 aromatic heterocycles. The van der Waals surface area contributed by atoms with E-state index in [4.69, 9.17) is 0 Å². The molecule has 0 aliphatic rings. The lowest BCUT2D eigenvalue weighted by atomic mass is 10.00. The number of nitrogens with zero attached hydrogens (tertiary/aromatic N) is 1. The SMILES string of the molecule is CCCCCCCCCCCCCCCCCCC(C)c1[nH]cc[n+]1C(C)CCCC. The molecule has 2 heteroatoms. The van der Waals surface area contributed by atoms with Gasteiger partial charge in [0, 0.05) is 0 Å². The molecule has 0 fully saturated rings. The summed E-state index contributed by atoms with van der Waals surface area (Å²) in [5.41, 5.74) is 0. The molecule has 2 unspecified atom stereocenters. The Morgan fingerprint density at radius 1 is 0.613 bits per heavy atom. The van der Waals surface area contributed by atoms with Crippen LogP contribution >= 0.6 is 0 Å². The van der Waals surface area contributed by atoms with E-state index in [0.29, 0.717) is 12.0 Å². The molecule has 0 aliphatic carbocycles. The molecule has 0 saturated heterocycles. The Bertz CT molecular complexity index is 493. The minimum atomic E-state index is 0.620. The molecule has 2 atom stereocenters. The van der Waals surface area contributed by atoms with Crippen molar-refractivity contribution in [2.24, 2.45) is 0 Å². The number of unbranched alkanes of at least 4 members (excludes halogenated alkanes) is 16. The molecule has 1 rings (SSSR count). The molecule has 0 spiro atoms. The van der Waals surface area contributed by atoms with Crippen molar-refractivity contribution in [3.05, 3.63) is 18.2 Å². The maximum Gasteiger partial charge on any atom is 0.257 e. The van der Waals surface area contributed by atoms with Gasteiger partial charge in [0.25, 0.3) is 5.82 Å². The van der Waals surface area contributed by atoms with Crippen LogP contribution in [0.25, 0.3) is 0 Å². The van der Waals surface area contributed by atoms with Gasteiger partial charge in [0.05, 0.1) is 12.0 Å². The zero-order valence-corrected chi connectivity index (χ0v) is 21.9. The smallest absolute Gasteiger partial charge is 0.247 e. The second kappa shape index (κ2) is 19.9. The molecular formula is C29H57N2+. The Hall–Kier alpha value is -0.790. The van der Waals surface area contributed by atoms with E-state index >= 15 is 0 Å². The van der Waals surface area contributed by atoms with E-state index in [1.165, 1.54) is 134 Å². The lowest BCUT2D eigenvalue weighted by Crippen LogP contribution is -2.40. The Kier molecular flexibility index (Phi) is 18.1. The van der Waals surface area contributed by atoms with E-state index in [9.17, 15) is 0 Å². The Morgan fingerprint density at radius 3 is 1.55 bits per heavy atom. The van der Waals surface area contributed by atoms with Gasteiger partial charge in [-0.25, -0.2) is 9.55 Å². The van der Waals surface area contributed by atoms with Crippen LogP contribution in [0.2, 0.25) is 0 Å². The molecule has 0 aromatic carbocycles. The quantitative estimate of drug-likeness (QED) is 0.139. The first-order valence-electron chi connectivity index (χ1n) is 14.3. The molecule has 0 amide bonds. The predicted molar refractivity (Wildman–Crippen MR) is 138 cm³/mol. The Balaban J connectivity index is 1.94. The number of H-pyrrole nitrogens is 1. The number of hydrogen-bond acceptors (Lipinski definition) is 0. The number of aromatic nitrogens is 2. The van der Waals surface area contributed by atoms with Gasteiger partial charge in [-0.3, -0.25) is 0 Å². The van der Waals surface area contributed by atoms with Crippen molar-refractivity contribution in [3.8, 4) is 0 Å². The summed E-state index contributed by atoms with van der Waals surface area (Å²) in [7, 11) is 0. The molecule has 2 nitrogen and oxygen atoms in total.